The van der Waals surface area contributed by atoms with Gasteiger partial charge < -0.3 is 5.11 Å². The van der Waals surface area contributed by atoms with Gasteiger partial charge in [0.15, 0.2) is 0 Å². The molecule has 2 rings (SSSR count). The fourth-order valence-corrected chi connectivity index (χ4v) is 2.78. The minimum absolute atomic E-state index is 0.183. The Labute approximate surface area is 102 Å². The van der Waals surface area contributed by atoms with Crippen molar-refractivity contribution in [2.24, 2.45) is 11.3 Å². The topological polar surface area (TPSA) is 55.1 Å². The third kappa shape index (κ3) is 3.32. The van der Waals surface area contributed by atoms with Crippen LogP contribution in [0.5, 0.6) is 0 Å². The van der Waals surface area contributed by atoms with Crippen molar-refractivity contribution >= 4 is 5.97 Å². The third-order valence-corrected chi connectivity index (χ3v) is 3.44. The van der Waals surface area contributed by atoms with Crippen LogP contribution in [0.3, 0.4) is 0 Å². The average molecular weight is 236 g/mol. The zero-order valence-electron chi connectivity index (χ0n) is 10.5. The summed E-state index contributed by atoms with van der Waals surface area (Å²) in [5.41, 5.74) is 1.52. The molecule has 0 radical (unpaired) electrons. The van der Waals surface area contributed by atoms with Gasteiger partial charge in [0.05, 0.1) is 6.20 Å². The molecule has 0 aliphatic heterocycles. The Bertz CT molecular complexity index is 401. The highest BCUT2D eigenvalue weighted by Crippen LogP contribution is 2.45. The maximum Gasteiger partial charge on any atom is 0.303 e. The minimum Gasteiger partial charge on any atom is -0.481 e. The number of hydrogen-bond acceptors (Lipinski definition) is 2. The quantitative estimate of drug-likeness (QED) is 0.853. The lowest BCUT2D eigenvalue weighted by Crippen LogP contribution is -2.34. The number of carbonyl (C=O) groups is 1. The van der Waals surface area contributed by atoms with E-state index in [0.717, 1.165) is 18.0 Å². The van der Waals surface area contributed by atoms with Crippen LogP contribution in [0.25, 0.3) is 0 Å². The fourth-order valence-electron chi connectivity index (χ4n) is 2.78. The zero-order valence-corrected chi connectivity index (χ0v) is 10.5. The molecule has 0 saturated heterocycles. The predicted octanol–water partition coefficient (Wildman–Crippen LogP) is 2.34. The van der Waals surface area contributed by atoms with Crippen molar-refractivity contribution in [2.45, 2.75) is 46.1 Å². The van der Waals surface area contributed by atoms with E-state index in [2.05, 4.69) is 18.9 Å². The van der Waals surface area contributed by atoms with Crippen LogP contribution in [0.15, 0.2) is 12.4 Å². The van der Waals surface area contributed by atoms with Gasteiger partial charge >= 0.3 is 5.97 Å². The number of aryl methyl sites for hydroxylation is 1. The molecule has 1 fully saturated rings. The smallest absolute Gasteiger partial charge is 0.303 e. The number of aromatic nitrogens is 2. The molecule has 1 saturated carbocycles. The molecule has 0 atom stereocenters. The van der Waals surface area contributed by atoms with Gasteiger partial charge in [0, 0.05) is 19.2 Å². The Kier molecular flexibility index (Phi) is 3.22. The molecule has 4 nitrogen and oxygen atoms in total. The molecule has 1 heterocycles. The first kappa shape index (κ1) is 12.1. The highest BCUT2D eigenvalue weighted by atomic mass is 16.4. The summed E-state index contributed by atoms with van der Waals surface area (Å²) in [5.74, 6) is -0.0179. The van der Waals surface area contributed by atoms with Crippen LogP contribution in [0.2, 0.25) is 0 Å². The summed E-state index contributed by atoms with van der Waals surface area (Å²) in [5, 5.41) is 12.9. The molecule has 94 valence electrons. The summed E-state index contributed by atoms with van der Waals surface area (Å²) in [7, 11) is 0. The summed E-state index contributed by atoms with van der Waals surface area (Å²) >= 11 is 0. The summed E-state index contributed by atoms with van der Waals surface area (Å²) < 4.78 is 1.96. The lowest BCUT2D eigenvalue weighted by Gasteiger charge is -2.42. The largest absolute Gasteiger partial charge is 0.481 e. The highest BCUT2D eigenvalue weighted by molar-refractivity contribution is 5.67. The first-order valence-corrected chi connectivity index (χ1v) is 6.18. The Hall–Kier alpha value is -1.32. The van der Waals surface area contributed by atoms with Gasteiger partial charge in [-0.2, -0.15) is 5.10 Å². The van der Waals surface area contributed by atoms with Gasteiger partial charge in [0.25, 0.3) is 0 Å². The monoisotopic (exact) mass is 236 g/mol. The normalized spacial score (nSPS) is 18.9. The molecular formula is C13H20N2O2. The summed E-state index contributed by atoms with van der Waals surface area (Å²) in [6, 6.07) is 0. The molecule has 1 N–H and O–H groups in total. The van der Waals surface area contributed by atoms with Gasteiger partial charge in [-0.25, -0.2) is 0 Å². The van der Waals surface area contributed by atoms with Gasteiger partial charge in [-0.05, 0) is 36.2 Å². The van der Waals surface area contributed by atoms with Gasteiger partial charge in [0.2, 0.25) is 0 Å². The van der Waals surface area contributed by atoms with Crippen molar-refractivity contribution in [3.05, 3.63) is 18.0 Å². The van der Waals surface area contributed by atoms with E-state index in [9.17, 15) is 4.79 Å². The lowest BCUT2D eigenvalue weighted by atomic mass is 9.64. The highest BCUT2D eigenvalue weighted by Gasteiger charge is 2.35. The molecule has 4 heteroatoms. The molecule has 0 unspecified atom stereocenters. The van der Waals surface area contributed by atoms with E-state index < -0.39 is 5.97 Å². The fraction of sp³-hybridized carbons (Fsp3) is 0.692. The van der Waals surface area contributed by atoms with Crippen LogP contribution in [0, 0.1) is 11.3 Å². The number of aliphatic carboxylic acids is 1. The molecule has 0 aromatic carbocycles. The van der Waals surface area contributed by atoms with Gasteiger partial charge in [-0.15, -0.1) is 0 Å². The predicted molar refractivity (Wildman–Crippen MR) is 64.7 cm³/mol. The number of nitrogens with zero attached hydrogens (tertiary/aromatic N) is 2. The summed E-state index contributed by atoms with van der Waals surface area (Å²) in [6.07, 6.45) is 7.04. The minimum atomic E-state index is -0.751. The second-order valence-corrected chi connectivity index (χ2v) is 5.90. The van der Waals surface area contributed by atoms with Crippen molar-refractivity contribution in [1.29, 1.82) is 0 Å². The molecule has 0 bridgehead atoms. The van der Waals surface area contributed by atoms with Crippen LogP contribution < -0.4 is 0 Å². The van der Waals surface area contributed by atoms with E-state index >= 15 is 0 Å². The van der Waals surface area contributed by atoms with Crippen LogP contribution in [0.1, 0.15) is 38.7 Å². The van der Waals surface area contributed by atoms with E-state index in [1.165, 1.54) is 12.8 Å². The molecule has 1 aromatic heterocycles. The Morgan fingerprint density at radius 1 is 1.59 bits per heavy atom. The second-order valence-electron chi connectivity index (χ2n) is 5.90. The van der Waals surface area contributed by atoms with Crippen molar-refractivity contribution in [3.8, 4) is 0 Å². The van der Waals surface area contributed by atoms with Gasteiger partial charge in [0.1, 0.15) is 0 Å². The average Bonchev–Trinajstić information content (AvgIpc) is 2.60. The summed E-state index contributed by atoms with van der Waals surface area (Å²) in [4.78, 5) is 10.5. The first-order chi connectivity index (χ1) is 7.94. The molecule has 17 heavy (non-hydrogen) atoms. The van der Waals surface area contributed by atoms with E-state index in [1.807, 2.05) is 10.9 Å². The standard InChI is InChI=1S/C13H20N2O2/c1-13(2)5-11(6-13)9-15-8-10(7-14-15)3-4-12(16)17/h7-8,11H,3-6,9H2,1-2H3,(H,16,17). The van der Waals surface area contributed by atoms with Gasteiger partial charge in [-0.3, -0.25) is 9.48 Å². The maximum absolute atomic E-state index is 10.5. The van der Waals surface area contributed by atoms with Crippen LogP contribution >= 0.6 is 0 Å². The molecule has 0 spiro atoms. The van der Waals surface area contributed by atoms with E-state index in [4.69, 9.17) is 5.11 Å². The Balaban J connectivity index is 1.80. The van der Waals surface area contributed by atoms with E-state index in [1.54, 1.807) is 6.20 Å². The van der Waals surface area contributed by atoms with Gasteiger partial charge in [-0.1, -0.05) is 13.8 Å². The van der Waals surface area contributed by atoms with Crippen molar-refractivity contribution in [3.63, 3.8) is 0 Å². The van der Waals surface area contributed by atoms with E-state index in [-0.39, 0.29) is 6.42 Å². The maximum atomic E-state index is 10.5. The van der Waals surface area contributed by atoms with Crippen LogP contribution in [0.4, 0.5) is 0 Å². The molecule has 1 aliphatic carbocycles. The third-order valence-electron chi connectivity index (χ3n) is 3.44. The van der Waals surface area contributed by atoms with Crippen molar-refractivity contribution in [2.75, 3.05) is 0 Å². The summed E-state index contributed by atoms with van der Waals surface area (Å²) in [6.45, 7) is 5.56. The van der Waals surface area contributed by atoms with Crippen molar-refractivity contribution in [1.82, 2.24) is 9.78 Å². The van der Waals surface area contributed by atoms with Crippen LogP contribution in [-0.2, 0) is 17.8 Å². The SMILES string of the molecule is CC1(C)CC(Cn2cc(CCC(=O)O)cn2)C1. The Morgan fingerprint density at radius 2 is 2.29 bits per heavy atom. The molecule has 1 aliphatic rings. The second kappa shape index (κ2) is 4.51. The van der Waals surface area contributed by atoms with Crippen molar-refractivity contribution < 1.29 is 9.90 Å². The first-order valence-electron chi connectivity index (χ1n) is 6.18. The number of hydrogen-bond donors (Lipinski definition) is 1. The molecule has 1 aromatic rings. The van der Waals surface area contributed by atoms with Crippen LogP contribution in [-0.4, -0.2) is 20.9 Å². The lowest BCUT2D eigenvalue weighted by molar-refractivity contribution is -0.136. The molecular weight excluding hydrogens is 216 g/mol. The number of carboxylic acid groups (broad SMARTS) is 1. The molecule has 0 amide bonds. The Morgan fingerprint density at radius 3 is 2.88 bits per heavy atom. The number of carboxylic acids is 1. The number of rotatable bonds is 5. The van der Waals surface area contributed by atoms with E-state index in [0.29, 0.717) is 11.8 Å². The zero-order chi connectivity index (χ0) is 12.5.